The SMILES string of the molecule is CCOC(=O)CNS(=O)(=O)N(C(=O)OC(C)(C)C)[C@H](C)C(=O)OCC. The lowest BCUT2D eigenvalue weighted by Gasteiger charge is -2.29. The van der Waals surface area contributed by atoms with Gasteiger partial charge in [0.15, 0.2) is 0 Å². The van der Waals surface area contributed by atoms with E-state index in [1.54, 1.807) is 6.92 Å². The normalized spacial score (nSPS) is 12.9. The summed E-state index contributed by atoms with van der Waals surface area (Å²) in [5, 5.41) is 0. The number of rotatable bonds is 8. The van der Waals surface area contributed by atoms with Crippen LogP contribution in [0.4, 0.5) is 4.79 Å². The van der Waals surface area contributed by atoms with E-state index in [0.29, 0.717) is 0 Å². The molecule has 0 aromatic carbocycles. The van der Waals surface area contributed by atoms with Gasteiger partial charge in [-0.25, -0.2) is 9.59 Å². The van der Waals surface area contributed by atoms with Crippen LogP contribution in [0.2, 0.25) is 0 Å². The fraction of sp³-hybridized carbons (Fsp3) is 0.786. The van der Waals surface area contributed by atoms with Gasteiger partial charge in [-0.05, 0) is 41.5 Å². The largest absolute Gasteiger partial charge is 0.465 e. The van der Waals surface area contributed by atoms with Crippen LogP contribution in [-0.2, 0) is 34.0 Å². The third-order valence-electron chi connectivity index (χ3n) is 2.52. The lowest BCUT2D eigenvalue weighted by atomic mass is 10.2. The van der Waals surface area contributed by atoms with Gasteiger partial charge < -0.3 is 14.2 Å². The summed E-state index contributed by atoms with van der Waals surface area (Å²) in [5.41, 5.74) is -1.000. The highest BCUT2D eigenvalue weighted by atomic mass is 32.2. The molecule has 0 saturated carbocycles. The topological polar surface area (TPSA) is 128 Å². The minimum absolute atomic E-state index is 0.00162. The van der Waals surface area contributed by atoms with Crippen molar-refractivity contribution in [1.29, 1.82) is 0 Å². The van der Waals surface area contributed by atoms with Crippen LogP contribution in [0.3, 0.4) is 0 Å². The minimum atomic E-state index is -4.56. The van der Waals surface area contributed by atoms with Crippen LogP contribution in [0.1, 0.15) is 41.5 Å². The predicted octanol–water partition coefficient (Wildman–Crippen LogP) is 0.573. The summed E-state index contributed by atoms with van der Waals surface area (Å²) in [4.78, 5) is 35.5. The summed E-state index contributed by atoms with van der Waals surface area (Å²) in [5.74, 6) is -1.77. The fourth-order valence-electron chi connectivity index (χ4n) is 1.56. The Morgan fingerprint density at radius 1 is 1.08 bits per heavy atom. The lowest BCUT2D eigenvalue weighted by Crippen LogP contribution is -2.54. The molecule has 0 aromatic rings. The van der Waals surface area contributed by atoms with E-state index in [-0.39, 0.29) is 17.5 Å². The average molecular weight is 382 g/mol. The van der Waals surface area contributed by atoms with Crippen LogP contribution in [0.15, 0.2) is 0 Å². The van der Waals surface area contributed by atoms with Gasteiger partial charge in [0, 0.05) is 0 Å². The number of carbonyl (C=O) groups excluding carboxylic acids is 3. The van der Waals surface area contributed by atoms with Gasteiger partial charge in [0.2, 0.25) is 0 Å². The second-order valence-corrected chi connectivity index (χ2v) is 7.47. The maximum absolute atomic E-state index is 12.4. The van der Waals surface area contributed by atoms with E-state index >= 15 is 0 Å². The average Bonchev–Trinajstić information content (AvgIpc) is 2.43. The van der Waals surface area contributed by atoms with Gasteiger partial charge >= 0.3 is 28.2 Å². The van der Waals surface area contributed by atoms with Gasteiger partial charge in [-0.15, -0.1) is 0 Å². The van der Waals surface area contributed by atoms with E-state index in [1.807, 2.05) is 4.72 Å². The minimum Gasteiger partial charge on any atom is -0.465 e. The zero-order chi connectivity index (χ0) is 19.8. The van der Waals surface area contributed by atoms with Gasteiger partial charge in [0.25, 0.3) is 0 Å². The van der Waals surface area contributed by atoms with Crippen molar-refractivity contribution in [3.05, 3.63) is 0 Å². The molecule has 0 aromatic heterocycles. The Morgan fingerprint density at radius 2 is 1.60 bits per heavy atom. The molecule has 1 N–H and O–H groups in total. The molecule has 0 aliphatic carbocycles. The number of esters is 2. The molecule has 0 aliphatic rings. The standard InChI is InChI=1S/C14H26N2O8S/c1-7-22-11(17)9-15-25(20,21)16(10(3)12(18)23-8-2)13(19)24-14(4,5)6/h10,15H,7-9H2,1-6H3/t10-/m1/s1. The third kappa shape index (κ3) is 8.16. The maximum atomic E-state index is 12.4. The van der Waals surface area contributed by atoms with Crippen molar-refractivity contribution in [2.24, 2.45) is 0 Å². The number of ether oxygens (including phenoxy) is 3. The summed E-state index contributed by atoms with van der Waals surface area (Å²) in [6, 6.07) is -1.49. The number of hydrogen-bond donors (Lipinski definition) is 1. The molecule has 0 heterocycles. The monoisotopic (exact) mass is 382 g/mol. The molecular formula is C14H26N2O8S. The number of nitrogens with zero attached hydrogens (tertiary/aromatic N) is 1. The van der Waals surface area contributed by atoms with Crippen LogP contribution >= 0.6 is 0 Å². The van der Waals surface area contributed by atoms with Gasteiger partial charge in [0.05, 0.1) is 13.2 Å². The highest BCUT2D eigenvalue weighted by Gasteiger charge is 2.39. The first kappa shape index (κ1) is 23.1. The molecule has 0 rings (SSSR count). The molecule has 0 spiro atoms. The summed E-state index contributed by atoms with van der Waals surface area (Å²) >= 11 is 0. The number of amides is 1. The molecule has 1 atom stereocenters. The van der Waals surface area contributed by atoms with E-state index in [1.165, 1.54) is 34.6 Å². The molecule has 0 fully saturated rings. The molecule has 0 unspecified atom stereocenters. The summed E-state index contributed by atoms with van der Waals surface area (Å²) < 4.78 is 41.3. The van der Waals surface area contributed by atoms with Crippen molar-refractivity contribution >= 4 is 28.2 Å². The first-order valence-electron chi connectivity index (χ1n) is 7.70. The highest BCUT2D eigenvalue weighted by Crippen LogP contribution is 2.15. The molecule has 0 saturated heterocycles. The van der Waals surface area contributed by atoms with Crippen molar-refractivity contribution in [3.8, 4) is 0 Å². The van der Waals surface area contributed by atoms with Crippen LogP contribution in [0.25, 0.3) is 0 Å². The summed E-state index contributed by atoms with van der Waals surface area (Å²) in [6.07, 6.45) is -1.27. The molecule has 146 valence electrons. The summed E-state index contributed by atoms with van der Waals surface area (Å²) in [7, 11) is -4.56. The van der Waals surface area contributed by atoms with Gasteiger partial charge in [-0.1, -0.05) is 0 Å². The van der Waals surface area contributed by atoms with E-state index in [2.05, 4.69) is 4.74 Å². The second-order valence-electron chi connectivity index (χ2n) is 5.84. The van der Waals surface area contributed by atoms with Crippen LogP contribution in [0, 0.1) is 0 Å². The van der Waals surface area contributed by atoms with E-state index < -0.39 is 46.4 Å². The van der Waals surface area contributed by atoms with Gasteiger partial charge in [-0.3, -0.25) is 4.79 Å². The Labute approximate surface area is 148 Å². The first-order chi connectivity index (χ1) is 11.4. The smallest absolute Gasteiger partial charge is 0.425 e. The second kappa shape index (κ2) is 9.56. The van der Waals surface area contributed by atoms with Crippen LogP contribution in [-0.4, -0.2) is 62.2 Å². The summed E-state index contributed by atoms with van der Waals surface area (Å²) in [6.45, 7) is 8.25. The Kier molecular flexibility index (Phi) is 8.84. The zero-order valence-electron chi connectivity index (χ0n) is 15.3. The van der Waals surface area contributed by atoms with Crippen LogP contribution < -0.4 is 4.72 Å². The number of nitrogens with one attached hydrogen (secondary N) is 1. The quantitative estimate of drug-likeness (QED) is 0.477. The molecule has 25 heavy (non-hydrogen) atoms. The maximum Gasteiger partial charge on any atom is 0.425 e. The van der Waals surface area contributed by atoms with Crippen molar-refractivity contribution in [2.45, 2.75) is 53.2 Å². The highest BCUT2D eigenvalue weighted by molar-refractivity contribution is 7.87. The zero-order valence-corrected chi connectivity index (χ0v) is 16.1. The molecule has 0 bridgehead atoms. The Bertz CT molecular complexity index is 582. The Balaban J connectivity index is 5.51. The number of hydrogen-bond acceptors (Lipinski definition) is 8. The molecule has 10 nitrogen and oxygen atoms in total. The Morgan fingerprint density at radius 3 is 2.04 bits per heavy atom. The molecular weight excluding hydrogens is 356 g/mol. The Hall–Kier alpha value is -1.88. The molecule has 11 heteroatoms. The fourth-order valence-corrected chi connectivity index (χ4v) is 2.74. The third-order valence-corrected chi connectivity index (χ3v) is 4.01. The van der Waals surface area contributed by atoms with Crippen molar-refractivity contribution < 1.29 is 37.0 Å². The van der Waals surface area contributed by atoms with E-state index in [9.17, 15) is 22.8 Å². The molecule has 0 aliphatic heterocycles. The molecule has 1 amide bonds. The number of carbonyl (C=O) groups is 3. The van der Waals surface area contributed by atoms with Crippen molar-refractivity contribution in [2.75, 3.05) is 19.8 Å². The van der Waals surface area contributed by atoms with E-state index in [0.717, 1.165) is 0 Å². The van der Waals surface area contributed by atoms with Crippen LogP contribution in [0.5, 0.6) is 0 Å². The molecule has 0 radical (unpaired) electrons. The van der Waals surface area contributed by atoms with Gasteiger partial charge in [0.1, 0.15) is 18.2 Å². The lowest BCUT2D eigenvalue weighted by molar-refractivity contribution is -0.147. The van der Waals surface area contributed by atoms with E-state index in [4.69, 9.17) is 9.47 Å². The van der Waals surface area contributed by atoms with Crippen molar-refractivity contribution in [3.63, 3.8) is 0 Å². The van der Waals surface area contributed by atoms with Crippen molar-refractivity contribution in [1.82, 2.24) is 9.03 Å². The predicted molar refractivity (Wildman–Crippen MR) is 87.7 cm³/mol. The van der Waals surface area contributed by atoms with Gasteiger partial charge in [-0.2, -0.15) is 17.4 Å². The first-order valence-corrected chi connectivity index (χ1v) is 9.14.